The lowest BCUT2D eigenvalue weighted by Crippen LogP contribution is -2.38. The molecule has 0 radical (unpaired) electrons. The lowest BCUT2D eigenvalue weighted by atomic mass is 10.3. The van der Waals surface area contributed by atoms with Gasteiger partial charge in [-0.15, -0.1) is 0 Å². The van der Waals surface area contributed by atoms with Gasteiger partial charge >= 0.3 is 10.2 Å². The van der Waals surface area contributed by atoms with E-state index in [0.29, 0.717) is 5.56 Å². The van der Waals surface area contributed by atoms with Crippen LogP contribution in [-0.2, 0) is 17.3 Å². The number of aromatic nitrogens is 2. The van der Waals surface area contributed by atoms with Crippen LogP contribution < -0.4 is 10.5 Å². The van der Waals surface area contributed by atoms with Crippen molar-refractivity contribution < 1.29 is 8.42 Å². The molecule has 1 aromatic rings. The molecule has 0 aliphatic heterocycles. The second-order valence-electron chi connectivity index (χ2n) is 4.11. The Morgan fingerprint density at radius 3 is 2.61 bits per heavy atom. The molecule has 1 aromatic heterocycles. The average Bonchev–Trinajstić information content (AvgIpc) is 2.58. The maximum Gasteiger partial charge on any atom is 0.302 e. The molecule has 18 heavy (non-hydrogen) atoms. The summed E-state index contributed by atoms with van der Waals surface area (Å²) in [4.78, 5) is 0.0907. The normalized spacial score (nSPS) is 12.1. The quantitative estimate of drug-likeness (QED) is 0.748. The molecule has 0 aromatic carbocycles. The first kappa shape index (κ1) is 14.9. The first-order valence-corrected chi connectivity index (χ1v) is 7.09. The van der Waals surface area contributed by atoms with Crippen LogP contribution >= 0.6 is 12.2 Å². The van der Waals surface area contributed by atoms with Gasteiger partial charge < -0.3 is 5.73 Å². The number of nitrogens with one attached hydrogen (secondary N) is 1. The van der Waals surface area contributed by atoms with Crippen LogP contribution in [0.25, 0.3) is 0 Å². The Kier molecular flexibility index (Phi) is 4.30. The third-order valence-electron chi connectivity index (χ3n) is 2.54. The summed E-state index contributed by atoms with van der Waals surface area (Å²) in [6, 6.07) is -0.163. The standard InChI is InChI=1S/C9H17N5O2S2/c1-6(2)14(4)18(15,16)12-9-7(8(10)17)5-11-13(9)3/h5-6,12H,1-4H3,(H2,10,17). The van der Waals surface area contributed by atoms with Gasteiger partial charge in [-0.3, -0.25) is 9.40 Å². The Labute approximate surface area is 112 Å². The molecule has 0 saturated heterocycles. The SMILES string of the molecule is CC(C)N(C)S(=O)(=O)Nc1c(C(N)=S)cnn1C. The molecule has 0 spiro atoms. The highest BCUT2D eigenvalue weighted by Gasteiger charge is 2.23. The number of thiocarbonyl (C=S) groups is 1. The van der Waals surface area contributed by atoms with Crippen molar-refractivity contribution in [1.82, 2.24) is 14.1 Å². The number of anilines is 1. The smallest absolute Gasteiger partial charge is 0.302 e. The molecule has 9 heteroatoms. The first-order chi connectivity index (χ1) is 8.16. The highest BCUT2D eigenvalue weighted by Crippen LogP contribution is 2.17. The molecular weight excluding hydrogens is 274 g/mol. The summed E-state index contributed by atoms with van der Waals surface area (Å²) in [7, 11) is -0.558. The number of hydrogen-bond acceptors (Lipinski definition) is 4. The average molecular weight is 291 g/mol. The van der Waals surface area contributed by atoms with E-state index in [1.54, 1.807) is 20.9 Å². The van der Waals surface area contributed by atoms with Gasteiger partial charge in [-0.05, 0) is 13.8 Å². The minimum atomic E-state index is -3.65. The van der Waals surface area contributed by atoms with E-state index in [4.69, 9.17) is 18.0 Å². The minimum Gasteiger partial charge on any atom is -0.389 e. The van der Waals surface area contributed by atoms with Crippen molar-refractivity contribution in [2.75, 3.05) is 11.8 Å². The Hall–Kier alpha value is -1.19. The van der Waals surface area contributed by atoms with Crippen LogP contribution in [0.3, 0.4) is 0 Å². The zero-order valence-corrected chi connectivity index (χ0v) is 12.3. The Morgan fingerprint density at radius 2 is 2.17 bits per heavy atom. The summed E-state index contributed by atoms with van der Waals surface area (Å²) >= 11 is 4.85. The molecule has 0 unspecified atom stereocenters. The van der Waals surface area contributed by atoms with E-state index in [1.807, 2.05) is 0 Å². The van der Waals surface area contributed by atoms with Crippen LogP contribution in [0.15, 0.2) is 6.20 Å². The molecule has 0 amide bonds. The van der Waals surface area contributed by atoms with Crippen molar-refractivity contribution in [3.63, 3.8) is 0 Å². The second kappa shape index (κ2) is 5.21. The molecule has 0 aliphatic carbocycles. The third-order valence-corrected chi connectivity index (χ3v) is 4.39. The van der Waals surface area contributed by atoms with Crippen molar-refractivity contribution in [3.8, 4) is 0 Å². The Morgan fingerprint density at radius 1 is 1.61 bits per heavy atom. The number of aryl methyl sites for hydroxylation is 1. The molecule has 0 aliphatic rings. The Bertz CT molecular complexity index is 549. The van der Waals surface area contributed by atoms with Gasteiger partial charge in [-0.1, -0.05) is 12.2 Å². The van der Waals surface area contributed by atoms with Crippen LogP contribution in [0, 0.1) is 0 Å². The van der Waals surface area contributed by atoms with Crippen LogP contribution in [0.1, 0.15) is 19.4 Å². The number of nitrogens with two attached hydrogens (primary N) is 1. The van der Waals surface area contributed by atoms with E-state index in [1.165, 1.54) is 22.2 Å². The van der Waals surface area contributed by atoms with Gasteiger partial charge in [-0.2, -0.15) is 17.8 Å². The number of rotatable bonds is 5. The molecule has 0 atom stereocenters. The largest absolute Gasteiger partial charge is 0.389 e. The van der Waals surface area contributed by atoms with Gasteiger partial charge in [0.2, 0.25) is 0 Å². The maximum absolute atomic E-state index is 12.1. The lowest BCUT2D eigenvalue weighted by molar-refractivity contribution is 0.414. The molecule has 0 bridgehead atoms. The van der Waals surface area contributed by atoms with Gasteiger partial charge in [0.05, 0.1) is 11.8 Å². The van der Waals surface area contributed by atoms with Crippen molar-refractivity contribution in [2.45, 2.75) is 19.9 Å². The predicted octanol–water partition coefficient (Wildman–Crippen LogP) is 0.0512. The van der Waals surface area contributed by atoms with Crippen molar-refractivity contribution in [1.29, 1.82) is 0 Å². The number of hydrogen-bond donors (Lipinski definition) is 2. The molecule has 7 nitrogen and oxygen atoms in total. The molecule has 1 rings (SSSR count). The van der Waals surface area contributed by atoms with E-state index >= 15 is 0 Å². The van der Waals surface area contributed by atoms with Gasteiger partial charge in [-0.25, -0.2) is 0 Å². The van der Waals surface area contributed by atoms with E-state index in [0.717, 1.165) is 0 Å². The highest BCUT2D eigenvalue weighted by molar-refractivity contribution is 7.90. The fourth-order valence-corrected chi connectivity index (χ4v) is 2.55. The monoisotopic (exact) mass is 291 g/mol. The summed E-state index contributed by atoms with van der Waals surface area (Å²) in [6.07, 6.45) is 1.43. The molecular formula is C9H17N5O2S2. The molecule has 1 heterocycles. The summed E-state index contributed by atoms with van der Waals surface area (Å²) < 4.78 is 29.1. The Balaban J connectivity index is 3.12. The van der Waals surface area contributed by atoms with Crippen LogP contribution in [0.5, 0.6) is 0 Å². The van der Waals surface area contributed by atoms with Gasteiger partial charge in [0, 0.05) is 20.1 Å². The lowest BCUT2D eigenvalue weighted by Gasteiger charge is -2.22. The highest BCUT2D eigenvalue weighted by atomic mass is 32.2. The van der Waals surface area contributed by atoms with Crippen LogP contribution in [0.4, 0.5) is 5.82 Å². The number of nitrogens with zero attached hydrogens (tertiary/aromatic N) is 3. The summed E-state index contributed by atoms with van der Waals surface area (Å²) in [5, 5.41) is 3.93. The summed E-state index contributed by atoms with van der Waals surface area (Å²) in [5.74, 6) is 0.259. The van der Waals surface area contributed by atoms with Crippen molar-refractivity contribution in [2.24, 2.45) is 12.8 Å². The van der Waals surface area contributed by atoms with Gasteiger partial charge in [0.15, 0.2) is 0 Å². The predicted molar refractivity (Wildman–Crippen MR) is 74.5 cm³/mol. The fourth-order valence-electron chi connectivity index (χ4n) is 1.21. The molecule has 0 fully saturated rings. The summed E-state index contributed by atoms with van der Waals surface area (Å²) in [5.41, 5.74) is 5.91. The van der Waals surface area contributed by atoms with E-state index < -0.39 is 10.2 Å². The minimum absolute atomic E-state index is 0.0907. The molecule has 102 valence electrons. The zero-order valence-electron chi connectivity index (χ0n) is 10.7. The van der Waals surface area contributed by atoms with Gasteiger partial charge in [0.25, 0.3) is 0 Å². The third kappa shape index (κ3) is 2.98. The van der Waals surface area contributed by atoms with Crippen LogP contribution in [-0.4, -0.2) is 40.6 Å². The maximum atomic E-state index is 12.1. The van der Waals surface area contributed by atoms with Crippen molar-refractivity contribution in [3.05, 3.63) is 11.8 Å². The van der Waals surface area contributed by atoms with Gasteiger partial charge in [0.1, 0.15) is 10.8 Å². The molecule has 0 saturated carbocycles. The van der Waals surface area contributed by atoms with Crippen LogP contribution in [0.2, 0.25) is 0 Å². The zero-order chi connectivity index (χ0) is 14.1. The molecule has 3 N–H and O–H groups in total. The summed E-state index contributed by atoms with van der Waals surface area (Å²) in [6.45, 7) is 3.55. The topological polar surface area (TPSA) is 93.2 Å². The van der Waals surface area contributed by atoms with E-state index in [9.17, 15) is 8.42 Å². The van der Waals surface area contributed by atoms with E-state index in [2.05, 4.69) is 9.82 Å². The van der Waals surface area contributed by atoms with Crippen molar-refractivity contribution >= 4 is 33.2 Å². The second-order valence-corrected chi connectivity index (χ2v) is 6.28. The first-order valence-electron chi connectivity index (χ1n) is 5.24. The van der Waals surface area contributed by atoms with E-state index in [-0.39, 0.29) is 16.8 Å². The fraction of sp³-hybridized carbons (Fsp3) is 0.556.